The standard InChI is InChI=1S/C52H52N4O.Pt/c1-33-28-39(51(6,7)8)29-34(2)47(33)55-27-26-54-49(55)37-14-12-15-40(30-37)57-41-22-23-42-43-16-13-17-44(52(9,10)11)48(43)56(45(42)32-41)46-31-36(24-25-53-46)35-18-20-38(21-19-35)50(3,4)5;/h12-29,31H,1-11H3;/q-2;+2. The first-order valence-electron chi connectivity index (χ1n) is 19.9. The van der Waals surface area contributed by atoms with E-state index < -0.39 is 0 Å². The molecule has 0 spiro atoms. The summed E-state index contributed by atoms with van der Waals surface area (Å²) in [4.78, 5) is 9.79. The molecule has 0 unspecified atom stereocenters. The Balaban J connectivity index is 0.00000512. The molecule has 8 aromatic rings. The normalized spacial score (nSPS) is 12.3. The molecule has 0 saturated heterocycles. The van der Waals surface area contributed by atoms with Crippen LogP contribution in [0.1, 0.15) is 90.1 Å². The minimum atomic E-state index is -0.113. The maximum Gasteiger partial charge on any atom is 2.00 e. The SMILES string of the molecule is Cc1cc(C(C)(C)C)cc(C)c1-n1ccnc1-c1[c-]c(Oc2[c-]c3c(cc2)c2cccc(C(C)(C)C)c2n3-c2cc(-c3ccc(C(C)(C)C)cc3)ccn2)ccc1.[Pt+2]. The molecule has 3 aromatic heterocycles. The Labute approximate surface area is 358 Å². The van der Waals surface area contributed by atoms with Gasteiger partial charge < -0.3 is 13.9 Å². The molecule has 296 valence electrons. The molecule has 0 bridgehead atoms. The van der Waals surface area contributed by atoms with Crippen molar-refractivity contribution >= 4 is 21.8 Å². The van der Waals surface area contributed by atoms with Gasteiger partial charge in [-0.3, -0.25) is 4.98 Å². The number of para-hydroxylation sites is 1. The molecule has 0 amide bonds. The van der Waals surface area contributed by atoms with Crippen molar-refractivity contribution in [2.75, 3.05) is 0 Å². The van der Waals surface area contributed by atoms with Crippen molar-refractivity contribution in [3.63, 3.8) is 0 Å². The van der Waals surface area contributed by atoms with E-state index in [2.05, 4.69) is 170 Å². The first-order chi connectivity index (χ1) is 27.0. The van der Waals surface area contributed by atoms with E-state index in [1.807, 2.05) is 42.9 Å². The van der Waals surface area contributed by atoms with Crippen LogP contribution < -0.4 is 4.74 Å². The van der Waals surface area contributed by atoms with Crippen molar-refractivity contribution in [1.82, 2.24) is 19.1 Å². The van der Waals surface area contributed by atoms with E-state index in [1.165, 1.54) is 27.8 Å². The summed E-state index contributed by atoms with van der Waals surface area (Å²) in [5.41, 5.74) is 12.6. The number of aromatic nitrogens is 4. The third-order valence-corrected chi connectivity index (χ3v) is 11.0. The van der Waals surface area contributed by atoms with Gasteiger partial charge in [-0.1, -0.05) is 128 Å². The second-order valence-electron chi connectivity index (χ2n) is 18.5. The maximum absolute atomic E-state index is 6.61. The number of hydrogen-bond acceptors (Lipinski definition) is 3. The first-order valence-corrected chi connectivity index (χ1v) is 19.9. The van der Waals surface area contributed by atoms with Crippen LogP contribution in [0.2, 0.25) is 0 Å². The van der Waals surface area contributed by atoms with E-state index in [0.29, 0.717) is 11.5 Å². The molecule has 0 fully saturated rings. The average molecular weight is 944 g/mol. The Morgan fingerprint density at radius 2 is 1.26 bits per heavy atom. The van der Waals surface area contributed by atoms with Crippen LogP contribution in [-0.2, 0) is 37.3 Å². The number of nitrogens with zero attached hydrogens (tertiary/aromatic N) is 4. The number of fused-ring (bicyclic) bond motifs is 3. The van der Waals surface area contributed by atoms with Gasteiger partial charge in [0.15, 0.2) is 0 Å². The predicted octanol–water partition coefficient (Wildman–Crippen LogP) is 13.6. The van der Waals surface area contributed by atoms with E-state index in [-0.39, 0.29) is 37.3 Å². The Morgan fingerprint density at radius 3 is 1.93 bits per heavy atom. The Bertz CT molecular complexity index is 2760. The number of benzene rings is 5. The van der Waals surface area contributed by atoms with Crippen LogP contribution in [0.5, 0.6) is 11.5 Å². The second kappa shape index (κ2) is 15.2. The van der Waals surface area contributed by atoms with Crippen LogP contribution in [0, 0.1) is 26.0 Å². The summed E-state index contributed by atoms with van der Waals surface area (Å²) in [6.07, 6.45) is 5.79. The number of pyridine rings is 1. The summed E-state index contributed by atoms with van der Waals surface area (Å²) in [6.45, 7) is 24.6. The molecule has 5 aromatic carbocycles. The van der Waals surface area contributed by atoms with Crippen molar-refractivity contribution in [1.29, 1.82) is 0 Å². The summed E-state index contributed by atoms with van der Waals surface area (Å²) >= 11 is 0. The summed E-state index contributed by atoms with van der Waals surface area (Å²) in [5.74, 6) is 2.83. The molecule has 0 atom stereocenters. The molecular formula is C52H52N4OPt. The maximum atomic E-state index is 6.61. The van der Waals surface area contributed by atoms with Crippen LogP contribution in [0.3, 0.4) is 0 Å². The monoisotopic (exact) mass is 943 g/mol. The zero-order valence-corrected chi connectivity index (χ0v) is 37.8. The molecule has 0 aliphatic heterocycles. The molecule has 6 heteroatoms. The van der Waals surface area contributed by atoms with E-state index in [4.69, 9.17) is 14.7 Å². The van der Waals surface area contributed by atoms with Crippen LogP contribution in [-0.4, -0.2) is 19.1 Å². The van der Waals surface area contributed by atoms with Crippen molar-refractivity contribution < 1.29 is 25.8 Å². The van der Waals surface area contributed by atoms with Crippen molar-refractivity contribution in [2.24, 2.45) is 0 Å². The smallest absolute Gasteiger partial charge is 0.503 e. The van der Waals surface area contributed by atoms with Crippen LogP contribution in [0.15, 0.2) is 116 Å². The van der Waals surface area contributed by atoms with Gasteiger partial charge in [0.1, 0.15) is 5.82 Å². The molecule has 58 heavy (non-hydrogen) atoms. The van der Waals surface area contributed by atoms with E-state index in [0.717, 1.165) is 55.8 Å². The topological polar surface area (TPSA) is 44.9 Å². The van der Waals surface area contributed by atoms with Crippen LogP contribution in [0.25, 0.3) is 55.8 Å². The third-order valence-electron chi connectivity index (χ3n) is 11.0. The Morgan fingerprint density at radius 1 is 0.586 bits per heavy atom. The number of aryl methyl sites for hydroxylation is 2. The number of imidazole rings is 1. The molecule has 0 aliphatic rings. The molecule has 0 N–H and O–H groups in total. The fourth-order valence-corrected chi connectivity index (χ4v) is 7.96. The zero-order valence-electron chi connectivity index (χ0n) is 35.5. The van der Waals surface area contributed by atoms with Gasteiger partial charge in [-0.25, -0.2) is 4.98 Å². The molecule has 5 nitrogen and oxygen atoms in total. The summed E-state index contributed by atoms with van der Waals surface area (Å²) in [7, 11) is 0. The van der Waals surface area contributed by atoms with Gasteiger partial charge in [0.2, 0.25) is 0 Å². The largest absolute Gasteiger partial charge is 2.00 e. The van der Waals surface area contributed by atoms with Crippen molar-refractivity contribution in [3.05, 3.63) is 156 Å². The minimum Gasteiger partial charge on any atom is -0.503 e. The number of hydrogen-bond donors (Lipinski definition) is 0. The van der Waals surface area contributed by atoms with Gasteiger partial charge in [0.25, 0.3) is 0 Å². The third kappa shape index (κ3) is 7.70. The fourth-order valence-electron chi connectivity index (χ4n) is 7.96. The fraction of sp³-hybridized carbons (Fsp3) is 0.269. The van der Waals surface area contributed by atoms with E-state index in [9.17, 15) is 0 Å². The molecular weight excluding hydrogens is 892 g/mol. The molecule has 8 rings (SSSR count). The van der Waals surface area contributed by atoms with Crippen molar-refractivity contribution in [2.45, 2.75) is 92.4 Å². The quantitative estimate of drug-likeness (QED) is 0.156. The van der Waals surface area contributed by atoms with Gasteiger partial charge in [0, 0.05) is 41.3 Å². The zero-order chi connectivity index (χ0) is 40.4. The van der Waals surface area contributed by atoms with Gasteiger partial charge >= 0.3 is 21.1 Å². The molecule has 0 aliphatic carbocycles. The second-order valence-corrected chi connectivity index (χ2v) is 18.5. The van der Waals surface area contributed by atoms with E-state index in [1.54, 1.807) is 0 Å². The number of rotatable bonds is 6. The molecule has 0 radical (unpaired) electrons. The molecule has 0 saturated carbocycles. The molecule has 3 heterocycles. The van der Waals surface area contributed by atoms with Crippen LogP contribution >= 0.6 is 0 Å². The summed E-state index contributed by atoms with van der Waals surface area (Å²) < 4.78 is 11.0. The van der Waals surface area contributed by atoms with Gasteiger partial charge in [0.05, 0.1) is 5.82 Å². The van der Waals surface area contributed by atoms with Gasteiger partial charge in [-0.05, 0) is 86.6 Å². The first kappa shape index (κ1) is 40.9. The summed E-state index contributed by atoms with van der Waals surface area (Å²) in [5, 5.41) is 2.25. The average Bonchev–Trinajstić information content (AvgIpc) is 3.76. The van der Waals surface area contributed by atoms with Gasteiger partial charge in [-0.2, -0.15) is 6.07 Å². The number of ether oxygens (including phenoxy) is 1. The minimum absolute atomic E-state index is 0. The van der Waals surface area contributed by atoms with Crippen molar-refractivity contribution in [3.8, 4) is 45.5 Å². The van der Waals surface area contributed by atoms with Crippen LogP contribution in [0.4, 0.5) is 0 Å². The summed E-state index contributed by atoms with van der Waals surface area (Å²) in [6, 6.07) is 41.7. The van der Waals surface area contributed by atoms with E-state index >= 15 is 0 Å². The Hall–Kier alpha value is -5.25. The predicted molar refractivity (Wildman–Crippen MR) is 236 cm³/mol. The Kier molecular flexibility index (Phi) is 10.7. The van der Waals surface area contributed by atoms with Gasteiger partial charge in [-0.15, -0.1) is 41.3 Å².